The molecule has 1 unspecified atom stereocenters. The second-order valence-corrected chi connectivity index (χ2v) is 12.2. The van der Waals surface area contributed by atoms with Gasteiger partial charge in [0.2, 0.25) is 0 Å². The molecule has 248 valence electrons. The van der Waals surface area contributed by atoms with E-state index in [9.17, 15) is 19.5 Å². The van der Waals surface area contributed by atoms with Gasteiger partial charge in [-0.25, -0.2) is 19.1 Å². The Morgan fingerprint density at radius 1 is 1.09 bits per heavy atom. The van der Waals surface area contributed by atoms with Crippen molar-refractivity contribution in [2.24, 2.45) is 4.99 Å². The minimum atomic E-state index is -1.60. The number of esters is 2. The number of carbonyl (C=O) groups is 3. The average Bonchev–Trinajstić information content (AvgIpc) is 3.38. The fraction of sp³-hybridized carbons (Fsp3) is 0.485. The average molecular weight is 657 g/mol. The molecule has 0 saturated carbocycles. The van der Waals surface area contributed by atoms with Crippen LogP contribution >= 0.6 is 11.6 Å². The molecule has 2 atom stereocenters. The second kappa shape index (κ2) is 15.1. The molecule has 0 amide bonds. The molecule has 4 rings (SSSR count). The molecule has 3 aromatic rings. The highest BCUT2D eigenvalue weighted by Crippen LogP contribution is 2.32. The van der Waals surface area contributed by atoms with Crippen LogP contribution < -0.4 is 4.90 Å². The zero-order chi connectivity index (χ0) is 33.6. The molecular formula is C33H41ClN4O8. The number of benzene rings is 2. The van der Waals surface area contributed by atoms with E-state index >= 15 is 0 Å². The van der Waals surface area contributed by atoms with Crippen LogP contribution in [-0.4, -0.2) is 90.1 Å². The number of anilines is 1. The van der Waals surface area contributed by atoms with Gasteiger partial charge in [0.05, 0.1) is 50.1 Å². The number of halogens is 1. The first kappa shape index (κ1) is 34.9. The lowest BCUT2D eigenvalue weighted by atomic mass is 10.0. The number of hydrogen-bond donors (Lipinski definition) is 1. The van der Waals surface area contributed by atoms with Crippen LogP contribution in [0.1, 0.15) is 63.6 Å². The van der Waals surface area contributed by atoms with Gasteiger partial charge in [-0.3, -0.25) is 9.79 Å². The van der Waals surface area contributed by atoms with Gasteiger partial charge in [-0.15, -0.1) is 0 Å². The third-order valence-corrected chi connectivity index (χ3v) is 7.36. The lowest BCUT2D eigenvalue weighted by molar-refractivity contribution is -0.145. The number of rotatable bonds is 10. The minimum Gasteiger partial charge on any atom is -0.465 e. The number of ether oxygens (including phenoxy) is 4. The Balaban J connectivity index is 1.95. The number of aryl methyl sites for hydroxylation is 1. The van der Waals surface area contributed by atoms with Crippen LogP contribution in [0.4, 0.5) is 10.5 Å². The van der Waals surface area contributed by atoms with Crippen LogP contribution in [0.15, 0.2) is 41.4 Å². The molecule has 0 radical (unpaired) electrons. The lowest BCUT2D eigenvalue weighted by Crippen LogP contribution is -2.36. The summed E-state index contributed by atoms with van der Waals surface area (Å²) in [7, 11) is 0. The largest absolute Gasteiger partial charge is 0.465 e. The van der Waals surface area contributed by atoms with Gasteiger partial charge in [-0.1, -0.05) is 23.7 Å². The highest BCUT2D eigenvalue weighted by molar-refractivity contribution is 6.42. The quantitative estimate of drug-likeness (QED) is 0.180. The van der Waals surface area contributed by atoms with Gasteiger partial charge >= 0.3 is 18.0 Å². The van der Waals surface area contributed by atoms with Gasteiger partial charge in [0.1, 0.15) is 17.1 Å². The normalized spacial score (nSPS) is 15.4. The number of aliphatic imine (C=N–C) groups is 1. The molecule has 12 nitrogen and oxygen atoms in total. The van der Waals surface area contributed by atoms with Crippen LogP contribution in [0, 0.1) is 6.92 Å². The van der Waals surface area contributed by atoms with Crippen LogP contribution in [0.25, 0.3) is 11.0 Å². The van der Waals surface area contributed by atoms with Crippen molar-refractivity contribution in [3.8, 4) is 0 Å². The Morgan fingerprint density at radius 3 is 2.41 bits per heavy atom. The summed E-state index contributed by atoms with van der Waals surface area (Å²) in [6.07, 6.45) is -1.98. The number of hydrogen-bond acceptors (Lipinski definition) is 11. The van der Waals surface area contributed by atoms with E-state index in [1.807, 2.05) is 13.0 Å². The van der Waals surface area contributed by atoms with E-state index in [1.165, 1.54) is 4.57 Å². The van der Waals surface area contributed by atoms with Gasteiger partial charge in [-0.2, -0.15) is 0 Å². The maximum Gasteiger partial charge on any atom is 0.420 e. The number of aliphatic hydroxyl groups is 1. The predicted octanol–water partition coefficient (Wildman–Crippen LogP) is 5.00. The summed E-state index contributed by atoms with van der Waals surface area (Å²) in [5.74, 6) is -3.53. The molecule has 0 aliphatic carbocycles. The summed E-state index contributed by atoms with van der Waals surface area (Å²) in [4.78, 5) is 52.5. The Morgan fingerprint density at radius 2 is 1.78 bits per heavy atom. The summed E-state index contributed by atoms with van der Waals surface area (Å²) in [6.45, 7) is 12.3. The summed E-state index contributed by atoms with van der Waals surface area (Å²) >= 11 is 6.11. The summed E-state index contributed by atoms with van der Waals surface area (Å²) < 4.78 is 23.2. The first-order valence-corrected chi connectivity index (χ1v) is 15.6. The van der Waals surface area contributed by atoms with Crippen molar-refractivity contribution < 1.29 is 38.4 Å². The van der Waals surface area contributed by atoms with E-state index in [2.05, 4.69) is 9.89 Å². The zero-order valence-electron chi connectivity index (χ0n) is 27.0. The van der Waals surface area contributed by atoms with E-state index in [0.29, 0.717) is 47.9 Å². The number of carbonyl (C=O) groups excluding carboxylic acids is 3. The molecule has 1 aliphatic heterocycles. The summed E-state index contributed by atoms with van der Waals surface area (Å²) in [6, 6.07) is 10.3. The first-order chi connectivity index (χ1) is 21.8. The van der Waals surface area contributed by atoms with Gasteiger partial charge in [0.25, 0.3) is 0 Å². The monoisotopic (exact) mass is 656 g/mol. The predicted molar refractivity (Wildman–Crippen MR) is 174 cm³/mol. The highest BCUT2D eigenvalue weighted by atomic mass is 35.5. The molecular weight excluding hydrogens is 616 g/mol. The number of imidazole rings is 1. The van der Waals surface area contributed by atoms with Crippen molar-refractivity contribution in [3.63, 3.8) is 0 Å². The number of aliphatic hydroxyl groups excluding tert-OH is 1. The molecule has 13 heteroatoms. The Kier molecular flexibility index (Phi) is 11.4. The number of aromatic nitrogens is 2. The van der Waals surface area contributed by atoms with Crippen molar-refractivity contribution >= 4 is 52.1 Å². The molecule has 1 saturated heterocycles. The van der Waals surface area contributed by atoms with Crippen LogP contribution in [0.2, 0.25) is 5.02 Å². The Hall–Kier alpha value is -4.00. The maximum atomic E-state index is 13.9. The van der Waals surface area contributed by atoms with E-state index in [-0.39, 0.29) is 31.3 Å². The lowest BCUT2D eigenvalue weighted by Gasteiger charge is -2.29. The topological polar surface area (TPSA) is 142 Å². The maximum absolute atomic E-state index is 13.9. The molecule has 1 aliphatic rings. The third kappa shape index (κ3) is 8.23. The standard InChI is InChI=1S/C33H41ClN4O8/c1-7-44-30(40)26(28(31(41)45-8-2)35-19-25(39)21-10-9-11-22(34)17-21)29-36-27-20(3)16-23(37-12-14-43-15-13-37)18-24(27)38(29)32(42)46-33(4,5)6/h9-11,16-18,25-26,39H,7-8,12-15,19H2,1-6H3/t25-,26?/m1/s1. The molecule has 2 heterocycles. The molecule has 1 aromatic heterocycles. The van der Waals surface area contributed by atoms with Gasteiger partial charge in [0.15, 0.2) is 5.92 Å². The van der Waals surface area contributed by atoms with Gasteiger partial charge < -0.3 is 29.0 Å². The fourth-order valence-electron chi connectivity index (χ4n) is 5.09. The third-order valence-electron chi connectivity index (χ3n) is 7.12. The number of nitrogens with zero attached hydrogens (tertiary/aromatic N) is 4. The fourth-order valence-corrected chi connectivity index (χ4v) is 5.29. The molecule has 2 aromatic carbocycles. The van der Waals surface area contributed by atoms with Crippen molar-refractivity contribution in [1.29, 1.82) is 0 Å². The molecule has 1 fully saturated rings. The van der Waals surface area contributed by atoms with Crippen LogP contribution in [-0.2, 0) is 28.5 Å². The van der Waals surface area contributed by atoms with Crippen molar-refractivity contribution in [3.05, 3.63) is 58.4 Å². The van der Waals surface area contributed by atoms with Gasteiger partial charge in [0, 0.05) is 23.8 Å². The summed E-state index contributed by atoms with van der Waals surface area (Å²) in [5.41, 5.74) is 1.54. The van der Waals surface area contributed by atoms with Crippen molar-refractivity contribution in [2.45, 2.75) is 59.2 Å². The Bertz CT molecular complexity index is 1610. The zero-order valence-corrected chi connectivity index (χ0v) is 27.8. The van der Waals surface area contributed by atoms with Crippen molar-refractivity contribution in [2.75, 3.05) is 51.0 Å². The molecule has 46 heavy (non-hydrogen) atoms. The van der Waals surface area contributed by atoms with Crippen LogP contribution in [0.3, 0.4) is 0 Å². The van der Waals surface area contributed by atoms with E-state index in [4.69, 9.17) is 35.5 Å². The molecule has 0 bridgehead atoms. The van der Waals surface area contributed by atoms with Crippen molar-refractivity contribution in [1.82, 2.24) is 9.55 Å². The highest BCUT2D eigenvalue weighted by Gasteiger charge is 2.40. The van der Waals surface area contributed by atoms with E-state index < -0.39 is 35.7 Å². The molecule has 0 spiro atoms. The number of morpholine rings is 1. The number of fused-ring (bicyclic) bond motifs is 1. The second-order valence-electron chi connectivity index (χ2n) is 11.7. The minimum absolute atomic E-state index is 0.0191. The van der Waals surface area contributed by atoms with E-state index in [1.54, 1.807) is 65.0 Å². The SMILES string of the molecule is CCOC(=O)C(=NC[C@@H](O)c1cccc(Cl)c1)C(C(=O)OCC)c1nc2c(C)cc(N3CCOCC3)cc2n1C(=O)OC(C)(C)C. The van der Waals surface area contributed by atoms with E-state index in [0.717, 1.165) is 11.3 Å². The summed E-state index contributed by atoms with van der Waals surface area (Å²) in [5, 5.41) is 11.3. The first-order valence-electron chi connectivity index (χ1n) is 15.2. The smallest absolute Gasteiger partial charge is 0.420 e. The molecule has 1 N–H and O–H groups in total. The van der Waals surface area contributed by atoms with Crippen LogP contribution in [0.5, 0.6) is 0 Å². The Labute approximate surface area is 273 Å². The van der Waals surface area contributed by atoms with Gasteiger partial charge in [-0.05, 0) is 76.9 Å².